The zero-order chi connectivity index (χ0) is 14.9. The van der Waals surface area contributed by atoms with Crippen LogP contribution in [-0.2, 0) is 4.74 Å². The van der Waals surface area contributed by atoms with Crippen LogP contribution in [0.15, 0.2) is 24.3 Å². The fourth-order valence-corrected chi connectivity index (χ4v) is 3.26. The minimum atomic E-state index is 0.508. The topological polar surface area (TPSA) is 21.3 Å². The minimum absolute atomic E-state index is 0.508. The summed E-state index contributed by atoms with van der Waals surface area (Å²) in [5.41, 5.74) is 1.36. The van der Waals surface area contributed by atoms with Crippen molar-refractivity contribution in [2.75, 3.05) is 19.7 Å². The maximum absolute atomic E-state index is 6.15. The van der Waals surface area contributed by atoms with Crippen LogP contribution in [0.5, 0.6) is 0 Å². The van der Waals surface area contributed by atoms with E-state index in [-0.39, 0.29) is 0 Å². The number of hydrogen-bond acceptors (Lipinski definition) is 2. The van der Waals surface area contributed by atoms with Crippen molar-refractivity contribution in [3.8, 4) is 0 Å². The van der Waals surface area contributed by atoms with Gasteiger partial charge in [0.1, 0.15) is 0 Å². The smallest absolute Gasteiger partial charge is 0.0576 e. The zero-order valence-corrected chi connectivity index (χ0v) is 13.9. The monoisotopic (exact) mass is 309 g/mol. The van der Waals surface area contributed by atoms with E-state index in [1.165, 1.54) is 44.1 Å². The summed E-state index contributed by atoms with van der Waals surface area (Å²) < 4.78 is 5.72. The summed E-state index contributed by atoms with van der Waals surface area (Å²) in [6.07, 6.45) is 7.81. The Kier molecular flexibility index (Phi) is 7.56. The average Bonchev–Trinajstić information content (AvgIpc) is 2.99. The quantitative estimate of drug-likeness (QED) is 0.663. The Bertz CT molecular complexity index is 404. The molecule has 21 heavy (non-hydrogen) atoms. The largest absolute Gasteiger partial charge is 0.378 e. The minimum Gasteiger partial charge on any atom is -0.378 e. The Hall–Kier alpha value is -0.570. The Balaban J connectivity index is 1.85. The van der Waals surface area contributed by atoms with E-state index in [9.17, 15) is 0 Å². The van der Waals surface area contributed by atoms with Crippen molar-refractivity contribution in [3.63, 3.8) is 0 Å². The molecule has 1 N–H and O–H groups in total. The van der Waals surface area contributed by atoms with Crippen molar-refractivity contribution >= 4 is 11.6 Å². The molecule has 0 amide bonds. The highest BCUT2D eigenvalue weighted by molar-refractivity contribution is 6.30. The first-order valence-corrected chi connectivity index (χ1v) is 8.75. The van der Waals surface area contributed by atoms with Gasteiger partial charge < -0.3 is 10.1 Å². The summed E-state index contributed by atoms with van der Waals surface area (Å²) in [6.45, 7) is 5.29. The van der Waals surface area contributed by atoms with Gasteiger partial charge in [0.05, 0.1) is 6.10 Å². The maximum atomic E-state index is 6.15. The van der Waals surface area contributed by atoms with E-state index in [4.69, 9.17) is 16.3 Å². The number of ether oxygens (including phenoxy) is 1. The molecule has 1 heterocycles. The van der Waals surface area contributed by atoms with Crippen LogP contribution < -0.4 is 5.32 Å². The van der Waals surface area contributed by atoms with Gasteiger partial charge in [-0.1, -0.05) is 37.1 Å². The van der Waals surface area contributed by atoms with Crippen LogP contribution in [0.4, 0.5) is 0 Å². The summed E-state index contributed by atoms with van der Waals surface area (Å²) in [5, 5.41) is 4.40. The van der Waals surface area contributed by atoms with Gasteiger partial charge in [0.15, 0.2) is 0 Å². The van der Waals surface area contributed by atoms with Crippen molar-refractivity contribution in [1.29, 1.82) is 0 Å². The molecule has 2 atom stereocenters. The Labute approximate surface area is 134 Å². The van der Waals surface area contributed by atoms with Crippen molar-refractivity contribution in [2.45, 2.75) is 57.5 Å². The molecule has 1 aromatic carbocycles. The highest BCUT2D eigenvalue weighted by atomic mass is 35.5. The second-order valence-corrected chi connectivity index (χ2v) is 6.46. The van der Waals surface area contributed by atoms with E-state index >= 15 is 0 Å². The lowest BCUT2D eigenvalue weighted by Crippen LogP contribution is -2.22. The van der Waals surface area contributed by atoms with Crippen molar-refractivity contribution in [2.24, 2.45) is 0 Å². The first-order chi connectivity index (χ1) is 10.3. The van der Waals surface area contributed by atoms with Gasteiger partial charge in [-0.2, -0.15) is 0 Å². The van der Waals surface area contributed by atoms with Crippen LogP contribution >= 0.6 is 11.6 Å². The molecular weight excluding hydrogens is 282 g/mol. The van der Waals surface area contributed by atoms with Gasteiger partial charge in [0, 0.05) is 18.2 Å². The van der Waals surface area contributed by atoms with Crippen LogP contribution in [0.25, 0.3) is 0 Å². The lowest BCUT2D eigenvalue weighted by Gasteiger charge is -2.19. The third kappa shape index (κ3) is 5.98. The second kappa shape index (κ2) is 9.45. The maximum Gasteiger partial charge on any atom is 0.0576 e. The average molecular weight is 310 g/mol. The number of nitrogens with one attached hydrogen (secondary N) is 1. The predicted octanol–water partition coefficient (Wildman–Crippen LogP) is 4.77. The molecule has 118 valence electrons. The van der Waals surface area contributed by atoms with E-state index in [1.54, 1.807) is 0 Å². The van der Waals surface area contributed by atoms with Crippen molar-refractivity contribution in [1.82, 2.24) is 5.32 Å². The molecule has 0 saturated carbocycles. The predicted molar refractivity (Wildman–Crippen MR) is 90.2 cm³/mol. The second-order valence-electron chi connectivity index (χ2n) is 6.02. The van der Waals surface area contributed by atoms with Crippen LogP contribution in [0.1, 0.15) is 56.9 Å². The van der Waals surface area contributed by atoms with Crippen LogP contribution in [0.3, 0.4) is 0 Å². The molecule has 1 fully saturated rings. The molecule has 0 aliphatic carbocycles. The van der Waals surface area contributed by atoms with Crippen molar-refractivity contribution < 1.29 is 4.74 Å². The number of hydrogen-bond donors (Lipinski definition) is 1. The van der Waals surface area contributed by atoms with Gasteiger partial charge in [0.2, 0.25) is 0 Å². The van der Waals surface area contributed by atoms with Gasteiger partial charge in [-0.25, -0.2) is 0 Å². The molecule has 0 radical (unpaired) electrons. The van der Waals surface area contributed by atoms with Gasteiger partial charge in [-0.05, 0) is 62.3 Å². The Morgan fingerprint density at radius 3 is 3.05 bits per heavy atom. The molecule has 1 aliphatic rings. The highest BCUT2D eigenvalue weighted by Crippen LogP contribution is 2.26. The molecule has 1 saturated heterocycles. The Morgan fingerprint density at radius 1 is 1.43 bits per heavy atom. The highest BCUT2D eigenvalue weighted by Gasteiger charge is 2.17. The number of halogens is 1. The van der Waals surface area contributed by atoms with Crippen molar-refractivity contribution in [3.05, 3.63) is 34.9 Å². The molecule has 1 aromatic rings. The summed E-state index contributed by atoms with van der Waals surface area (Å²) in [5.74, 6) is 0.552. The summed E-state index contributed by atoms with van der Waals surface area (Å²) in [7, 11) is 0. The summed E-state index contributed by atoms with van der Waals surface area (Å²) in [6, 6.07) is 8.33. The van der Waals surface area contributed by atoms with Crippen LogP contribution in [0, 0.1) is 0 Å². The molecule has 1 aliphatic heterocycles. The van der Waals surface area contributed by atoms with Gasteiger partial charge in [0.25, 0.3) is 0 Å². The third-order valence-corrected chi connectivity index (χ3v) is 4.48. The van der Waals surface area contributed by atoms with Crippen LogP contribution in [0.2, 0.25) is 5.02 Å². The number of rotatable bonds is 9. The fraction of sp³-hybridized carbons (Fsp3) is 0.667. The Morgan fingerprint density at radius 2 is 2.33 bits per heavy atom. The first kappa shape index (κ1) is 16.8. The number of benzene rings is 1. The van der Waals surface area contributed by atoms with Gasteiger partial charge in [-0.15, -0.1) is 0 Å². The molecule has 3 heteroatoms. The van der Waals surface area contributed by atoms with Gasteiger partial charge in [-0.3, -0.25) is 0 Å². The summed E-state index contributed by atoms with van der Waals surface area (Å²) in [4.78, 5) is 0. The molecule has 0 spiro atoms. The molecule has 0 aromatic heterocycles. The standard InChI is InChI=1S/C18H28ClNO/c1-2-11-20-14-16(15-6-3-8-17(19)13-15)7-4-9-18-10-5-12-21-18/h3,6,8,13,16,18,20H,2,4-5,7,9-12,14H2,1H3. The molecular formula is C18H28ClNO. The molecule has 2 nitrogen and oxygen atoms in total. The lowest BCUT2D eigenvalue weighted by atomic mass is 9.92. The molecule has 2 rings (SSSR count). The van der Waals surface area contributed by atoms with E-state index < -0.39 is 0 Å². The molecule has 2 unspecified atom stereocenters. The summed E-state index contributed by atoms with van der Waals surface area (Å²) >= 11 is 6.15. The third-order valence-electron chi connectivity index (χ3n) is 4.24. The normalized spacial score (nSPS) is 19.8. The van der Waals surface area contributed by atoms with E-state index in [2.05, 4.69) is 30.4 Å². The lowest BCUT2D eigenvalue weighted by molar-refractivity contribution is 0.101. The van der Waals surface area contributed by atoms with Gasteiger partial charge >= 0.3 is 0 Å². The molecule has 0 bridgehead atoms. The van der Waals surface area contributed by atoms with Crippen LogP contribution in [-0.4, -0.2) is 25.8 Å². The van der Waals surface area contributed by atoms with E-state index in [0.717, 1.165) is 24.7 Å². The van der Waals surface area contributed by atoms with E-state index in [0.29, 0.717) is 12.0 Å². The zero-order valence-electron chi connectivity index (χ0n) is 13.1. The first-order valence-electron chi connectivity index (χ1n) is 8.37. The SMILES string of the molecule is CCCNCC(CCCC1CCCO1)c1cccc(Cl)c1. The fourth-order valence-electron chi connectivity index (χ4n) is 3.06. The van der Waals surface area contributed by atoms with E-state index in [1.807, 2.05) is 6.07 Å².